The molecule has 2 atom stereocenters. The van der Waals surface area contributed by atoms with Gasteiger partial charge in [0.1, 0.15) is 12.2 Å². The van der Waals surface area contributed by atoms with Crippen LogP contribution in [0.25, 0.3) is 0 Å². The van der Waals surface area contributed by atoms with E-state index in [0.29, 0.717) is 5.57 Å². The summed E-state index contributed by atoms with van der Waals surface area (Å²) in [6, 6.07) is -0.446. The van der Waals surface area contributed by atoms with Crippen LogP contribution in [0, 0.1) is 0 Å². The van der Waals surface area contributed by atoms with Gasteiger partial charge in [-0.05, 0) is 51.4 Å². The highest BCUT2D eigenvalue weighted by Crippen LogP contribution is 2.37. The van der Waals surface area contributed by atoms with Crippen LogP contribution in [-0.2, 0) is 18.6 Å². The lowest BCUT2D eigenvalue weighted by Gasteiger charge is -2.41. The standard InChI is InChI=1S/C21H39NO7Si/c1-10-26-19(25)27-13-15-11-16(14-28-30(8,9)21(5,6)7)22(12-17(15)23)18(24)29-20(2,3)4/h11,16-17,23H,10,12-14H2,1-9H3/t16-,17+/m0/s1. The van der Waals surface area contributed by atoms with Gasteiger partial charge in [-0.1, -0.05) is 26.8 Å². The fourth-order valence-corrected chi connectivity index (χ4v) is 3.53. The van der Waals surface area contributed by atoms with Gasteiger partial charge in [0.15, 0.2) is 8.32 Å². The number of aliphatic hydroxyl groups is 1. The molecule has 0 radical (unpaired) electrons. The molecule has 1 amide bonds. The van der Waals surface area contributed by atoms with Crippen LogP contribution in [0.4, 0.5) is 9.59 Å². The van der Waals surface area contributed by atoms with Crippen molar-refractivity contribution in [2.75, 3.05) is 26.4 Å². The summed E-state index contributed by atoms with van der Waals surface area (Å²) in [6.07, 6.45) is -0.568. The second kappa shape index (κ2) is 10.1. The average Bonchev–Trinajstić information content (AvgIpc) is 2.57. The predicted octanol–water partition coefficient (Wildman–Crippen LogP) is 4.09. The zero-order chi connectivity index (χ0) is 23.3. The van der Waals surface area contributed by atoms with Crippen molar-refractivity contribution < 1.29 is 33.3 Å². The summed E-state index contributed by atoms with van der Waals surface area (Å²) in [5.74, 6) is 0. The van der Waals surface area contributed by atoms with E-state index in [-0.39, 0.29) is 31.4 Å². The molecule has 0 aromatic carbocycles. The monoisotopic (exact) mass is 445 g/mol. The molecular weight excluding hydrogens is 406 g/mol. The lowest BCUT2D eigenvalue weighted by molar-refractivity contribution is -0.0000250. The van der Waals surface area contributed by atoms with Crippen molar-refractivity contribution in [1.29, 1.82) is 0 Å². The molecule has 174 valence electrons. The van der Waals surface area contributed by atoms with Crippen molar-refractivity contribution in [3.05, 3.63) is 11.6 Å². The van der Waals surface area contributed by atoms with Crippen LogP contribution < -0.4 is 0 Å². The molecule has 0 aromatic heterocycles. The summed E-state index contributed by atoms with van der Waals surface area (Å²) in [4.78, 5) is 25.7. The maximum Gasteiger partial charge on any atom is 0.508 e. The Morgan fingerprint density at radius 3 is 2.27 bits per heavy atom. The lowest BCUT2D eigenvalue weighted by Crippen LogP contribution is -2.53. The van der Waals surface area contributed by atoms with Gasteiger partial charge in [-0.15, -0.1) is 0 Å². The minimum atomic E-state index is -2.06. The summed E-state index contributed by atoms with van der Waals surface area (Å²) in [5, 5.41) is 10.5. The third-order valence-electron chi connectivity index (χ3n) is 5.27. The number of ether oxygens (including phenoxy) is 3. The molecule has 1 heterocycles. The van der Waals surface area contributed by atoms with Gasteiger partial charge in [0, 0.05) is 0 Å². The molecule has 1 aliphatic rings. The van der Waals surface area contributed by atoms with E-state index in [1.165, 1.54) is 4.90 Å². The van der Waals surface area contributed by atoms with E-state index < -0.39 is 38.3 Å². The predicted molar refractivity (Wildman–Crippen MR) is 117 cm³/mol. The second-order valence-electron chi connectivity index (χ2n) is 10.0. The quantitative estimate of drug-likeness (QED) is 0.374. The molecule has 1 rings (SSSR count). The molecular formula is C21H39NO7Si. The first-order valence-electron chi connectivity index (χ1n) is 10.4. The van der Waals surface area contributed by atoms with Crippen molar-refractivity contribution in [1.82, 2.24) is 4.90 Å². The van der Waals surface area contributed by atoms with Gasteiger partial charge in [-0.25, -0.2) is 9.59 Å². The van der Waals surface area contributed by atoms with E-state index in [1.54, 1.807) is 33.8 Å². The van der Waals surface area contributed by atoms with E-state index >= 15 is 0 Å². The Labute approximate surface area is 181 Å². The van der Waals surface area contributed by atoms with E-state index in [4.69, 9.17) is 18.6 Å². The Bertz CT molecular complexity index is 634. The van der Waals surface area contributed by atoms with Crippen LogP contribution in [0.2, 0.25) is 18.1 Å². The summed E-state index contributed by atoms with van der Waals surface area (Å²) < 4.78 is 21.7. The highest BCUT2D eigenvalue weighted by atomic mass is 28.4. The fourth-order valence-electron chi connectivity index (χ4n) is 2.51. The highest BCUT2D eigenvalue weighted by molar-refractivity contribution is 6.74. The van der Waals surface area contributed by atoms with E-state index in [0.717, 1.165) is 0 Å². The Morgan fingerprint density at radius 2 is 1.77 bits per heavy atom. The first-order valence-corrected chi connectivity index (χ1v) is 13.3. The Hall–Kier alpha value is -1.58. The molecule has 0 unspecified atom stereocenters. The average molecular weight is 446 g/mol. The van der Waals surface area contributed by atoms with Gasteiger partial charge in [0.05, 0.1) is 31.9 Å². The van der Waals surface area contributed by atoms with E-state index in [9.17, 15) is 14.7 Å². The largest absolute Gasteiger partial charge is 0.508 e. The molecule has 8 nitrogen and oxygen atoms in total. The molecule has 0 aliphatic carbocycles. The molecule has 9 heteroatoms. The number of β-amino-alcohol motifs (C(OH)–C–C–N with tert-alkyl or cyclic N) is 1. The van der Waals surface area contributed by atoms with Crippen molar-refractivity contribution in [3.63, 3.8) is 0 Å². The van der Waals surface area contributed by atoms with Gasteiger partial charge in [0.2, 0.25) is 0 Å². The van der Waals surface area contributed by atoms with Crippen LogP contribution in [-0.4, -0.2) is 74.7 Å². The summed E-state index contributed by atoms with van der Waals surface area (Å²) in [7, 11) is -2.06. The number of amides is 1. The summed E-state index contributed by atoms with van der Waals surface area (Å²) in [5.41, 5.74) is -0.157. The Kier molecular flexibility index (Phi) is 8.95. The van der Waals surface area contributed by atoms with Crippen LogP contribution in [0.3, 0.4) is 0 Å². The van der Waals surface area contributed by atoms with Crippen LogP contribution >= 0.6 is 0 Å². The van der Waals surface area contributed by atoms with E-state index in [2.05, 4.69) is 33.9 Å². The van der Waals surface area contributed by atoms with Gasteiger partial charge in [0.25, 0.3) is 0 Å². The molecule has 1 N–H and O–H groups in total. The fraction of sp³-hybridized carbons (Fsp3) is 0.810. The zero-order valence-corrected chi connectivity index (χ0v) is 20.9. The van der Waals surface area contributed by atoms with Crippen LogP contribution in [0.15, 0.2) is 11.6 Å². The SMILES string of the molecule is CCOC(=O)OCC1=C[C@@H](CO[Si](C)(C)C(C)(C)C)N(C(=O)OC(C)(C)C)C[C@H]1O. The van der Waals surface area contributed by atoms with Gasteiger partial charge < -0.3 is 23.7 Å². The first-order chi connectivity index (χ1) is 13.6. The maximum atomic E-state index is 12.8. The lowest BCUT2D eigenvalue weighted by atomic mass is 10.0. The Morgan fingerprint density at radius 1 is 1.17 bits per heavy atom. The van der Waals surface area contributed by atoms with Gasteiger partial charge >= 0.3 is 12.2 Å². The summed E-state index contributed by atoms with van der Waals surface area (Å²) in [6.45, 7) is 18.1. The number of hydrogen-bond acceptors (Lipinski definition) is 7. The third kappa shape index (κ3) is 7.92. The summed E-state index contributed by atoms with van der Waals surface area (Å²) >= 11 is 0. The number of hydrogen-bond donors (Lipinski definition) is 1. The Balaban J connectivity index is 3.05. The van der Waals surface area contributed by atoms with Crippen molar-refractivity contribution in [2.45, 2.75) is 84.3 Å². The molecule has 0 fully saturated rings. The topological polar surface area (TPSA) is 94.5 Å². The van der Waals surface area contributed by atoms with Gasteiger partial charge in [-0.3, -0.25) is 4.90 Å². The molecule has 30 heavy (non-hydrogen) atoms. The van der Waals surface area contributed by atoms with Gasteiger partial charge in [-0.2, -0.15) is 0 Å². The molecule has 0 bridgehead atoms. The van der Waals surface area contributed by atoms with Crippen LogP contribution in [0.1, 0.15) is 48.5 Å². The normalized spacial score (nSPS) is 20.5. The number of aliphatic hydroxyl groups excluding tert-OH is 1. The van der Waals surface area contributed by atoms with Crippen molar-refractivity contribution in [2.24, 2.45) is 0 Å². The van der Waals surface area contributed by atoms with Crippen molar-refractivity contribution in [3.8, 4) is 0 Å². The number of rotatable bonds is 6. The van der Waals surface area contributed by atoms with E-state index in [1.807, 2.05) is 0 Å². The maximum absolute atomic E-state index is 12.8. The van der Waals surface area contributed by atoms with Crippen molar-refractivity contribution >= 4 is 20.6 Å². The molecule has 0 saturated carbocycles. The molecule has 0 aromatic rings. The minimum absolute atomic E-state index is 0.0114. The zero-order valence-electron chi connectivity index (χ0n) is 19.9. The first kappa shape index (κ1) is 26.5. The second-order valence-corrected chi connectivity index (χ2v) is 14.8. The minimum Gasteiger partial charge on any atom is -0.444 e. The van der Waals surface area contributed by atoms with Crippen LogP contribution in [0.5, 0.6) is 0 Å². The number of nitrogens with zero attached hydrogens (tertiary/aromatic N) is 1. The smallest absolute Gasteiger partial charge is 0.444 e. The third-order valence-corrected chi connectivity index (χ3v) is 9.77. The highest BCUT2D eigenvalue weighted by Gasteiger charge is 2.40. The molecule has 0 spiro atoms. The molecule has 0 saturated heterocycles. The number of carbonyl (C=O) groups is 2. The number of carbonyl (C=O) groups excluding carboxylic acids is 2. The molecule has 1 aliphatic heterocycles.